The molecule has 1 aromatic heterocycles. The van der Waals surface area contributed by atoms with Crippen LogP contribution >= 0.6 is 0 Å². The van der Waals surface area contributed by atoms with Crippen molar-refractivity contribution >= 4 is 11.8 Å². The molecule has 2 saturated heterocycles. The van der Waals surface area contributed by atoms with Crippen molar-refractivity contribution in [3.63, 3.8) is 0 Å². The van der Waals surface area contributed by atoms with Crippen molar-refractivity contribution in [1.82, 2.24) is 24.7 Å². The maximum Gasteiger partial charge on any atom is 0.223 e. The molecule has 2 aliphatic heterocycles. The first-order valence-electron chi connectivity index (χ1n) is 9.85. The number of carbonyl (C=O) groups is 2. The molecule has 0 bridgehead atoms. The molecule has 0 aliphatic carbocycles. The number of hydrogen-bond acceptors (Lipinski definition) is 5. The van der Waals surface area contributed by atoms with E-state index in [1.165, 1.54) is 0 Å². The zero-order valence-corrected chi connectivity index (χ0v) is 16.8. The van der Waals surface area contributed by atoms with Crippen LogP contribution in [0.2, 0.25) is 0 Å². The Balaban J connectivity index is 1.53. The van der Waals surface area contributed by atoms with Crippen LogP contribution in [0.5, 0.6) is 0 Å². The Labute approximate surface area is 161 Å². The molecular weight excluding hydrogens is 342 g/mol. The summed E-state index contributed by atoms with van der Waals surface area (Å²) in [6, 6.07) is 0. The highest BCUT2D eigenvalue weighted by Gasteiger charge is 2.40. The summed E-state index contributed by atoms with van der Waals surface area (Å²) >= 11 is 0. The van der Waals surface area contributed by atoms with Crippen molar-refractivity contribution < 1.29 is 9.59 Å². The van der Waals surface area contributed by atoms with E-state index in [9.17, 15) is 9.59 Å². The Kier molecular flexibility index (Phi) is 6.09. The molecule has 0 N–H and O–H groups in total. The molecule has 3 heterocycles. The van der Waals surface area contributed by atoms with Gasteiger partial charge < -0.3 is 14.7 Å². The molecule has 1 aromatic rings. The number of rotatable bonds is 5. The van der Waals surface area contributed by atoms with Crippen LogP contribution in [0.25, 0.3) is 0 Å². The Morgan fingerprint density at radius 3 is 2.56 bits per heavy atom. The van der Waals surface area contributed by atoms with Crippen LogP contribution in [0.15, 0.2) is 12.4 Å². The molecule has 3 rings (SSSR count). The van der Waals surface area contributed by atoms with Crippen molar-refractivity contribution in [3.05, 3.63) is 23.8 Å². The van der Waals surface area contributed by atoms with Gasteiger partial charge in [-0.05, 0) is 44.7 Å². The van der Waals surface area contributed by atoms with E-state index in [0.717, 1.165) is 56.8 Å². The van der Waals surface area contributed by atoms with E-state index in [0.29, 0.717) is 19.4 Å². The van der Waals surface area contributed by atoms with Gasteiger partial charge in [-0.2, -0.15) is 0 Å². The number of carbonyl (C=O) groups excluding carboxylic acids is 2. The van der Waals surface area contributed by atoms with Gasteiger partial charge in [0.1, 0.15) is 0 Å². The number of amides is 2. The molecule has 148 valence electrons. The van der Waals surface area contributed by atoms with Gasteiger partial charge in [-0.15, -0.1) is 0 Å². The molecule has 7 heteroatoms. The maximum atomic E-state index is 12.4. The third-order valence-electron chi connectivity index (χ3n) is 5.99. The van der Waals surface area contributed by atoms with Crippen LogP contribution in [0.3, 0.4) is 0 Å². The number of nitrogens with zero attached hydrogens (tertiary/aromatic N) is 5. The first-order chi connectivity index (χ1) is 12.9. The lowest BCUT2D eigenvalue weighted by Gasteiger charge is -2.47. The molecule has 2 fully saturated rings. The van der Waals surface area contributed by atoms with Crippen LogP contribution < -0.4 is 0 Å². The fraction of sp³-hybridized carbons (Fsp3) is 0.700. The molecule has 27 heavy (non-hydrogen) atoms. The summed E-state index contributed by atoms with van der Waals surface area (Å²) in [6.07, 6.45) is 7.89. The minimum Gasteiger partial charge on any atom is -0.349 e. The summed E-state index contributed by atoms with van der Waals surface area (Å²) in [6.45, 7) is 6.12. The summed E-state index contributed by atoms with van der Waals surface area (Å²) in [5, 5.41) is 0. The van der Waals surface area contributed by atoms with E-state index in [4.69, 9.17) is 0 Å². The van der Waals surface area contributed by atoms with Gasteiger partial charge in [-0.25, -0.2) is 0 Å². The topological polar surface area (TPSA) is 69.6 Å². The van der Waals surface area contributed by atoms with Gasteiger partial charge in [0.2, 0.25) is 11.8 Å². The number of hydrogen-bond donors (Lipinski definition) is 0. The van der Waals surface area contributed by atoms with Crippen LogP contribution in [0, 0.1) is 12.3 Å². The van der Waals surface area contributed by atoms with Gasteiger partial charge >= 0.3 is 0 Å². The monoisotopic (exact) mass is 373 g/mol. The van der Waals surface area contributed by atoms with Gasteiger partial charge in [0, 0.05) is 46.2 Å². The standard InChI is InChI=1S/C20H31N5O2/c1-16-12-22-17(13-21-16)14-25-15-20(6-4-19(25)27)7-10-24(11-8-20)9-5-18(26)23(2)3/h12-13H,4-11,14-15H2,1-3H3. The molecule has 0 atom stereocenters. The normalized spacial score (nSPS) is 20.1. The second kappa shape index (κ2) is 8.33. The average molecular weight is 374 g/mol. The first-order valence-corrected chi connectivity index (χ1v) is 9.85. The van der Waals surface area contributed by atoms with E-state index in [1.54, 1.807) is 31.4 Å². The molecule has 1 spiro atoms. The van der Waals surface area contributed by atoms with Gasteiger partial charge in [0.25, 0.3) is 0 Å². The first kappa shape index (κ1) is 19.7. The van der Waals surface area contributed by atoms with Gasteiger partial charge in [0.15, 0.2) is 0 Å². The van der Waals surface area contributed by atoms with Crippen molar-refractivity contribution in [3.8, 4) is 0 Å². The second-order valence-corrected chi connectivity index (χ2v) is 8.28. The molecule has 2 amide bonds. The number of likely N-dealkylation sites (tertiary alicyclic amines) is 2. The van der Waals surface area contributed by atoms with Crippen LogP contribution in [-0.2, 0) is 16.1 Å². The van der Waals surface area contributed by atoms with Gasteiger partial charge in [-0.1, -0.05) is 0 Å². The van der Waals surface area contributed by atoms with Gasteiger partial charge in [-0.3, -0.25) is 19.6 Å². The third-order valence-corrected chi connectivity index (χ3v) is 5.99. The third kappa shape index (κ3) is 5.03. The maximum absolute atomic E-state index is 12.4. The number of aromatic nitrogens is 2. The summed E-state index contributed by atoms with van der Waals surface area (Å²) in [7, 11) is 3.61. The zero-order valence-electron chi connectivity index (χ0n) is 16.8. The minimum atomic E-state index is 0.184. The van der Waals surface area contributed by atoms with Crippen LogP contribution in [0.1, 0.15) is 43.5 Å². The fourth-order valence-corrected chi connectivity index (χ4v) is 4.08. The number of aryl methyl sites for hydroxylation is 1. The Bertz CT molecular complexity index is 665. The Morgan fingerprint density at radius 2 is 1.93 bits per heavy atom. The van der Waals surface area contributed by atoms with Crippen molar-refractivity contribution in [2.75, 3.05) is 40.3 Å². The largest absolute Gasteiger partial charge is 0.349 e. The molecule has 2 aliphatic rings. The zero-order chi connectivity index (χ0) is 19.4. The van der Waals surface area contributed by atoms with Crippen LogP contribution in [0.4, 0.5) is 0 Å². The van der Waals surface area contributed by atoms with Gasteiger partial charge in [0.05, 0.1) is 24.1 Å². The van der Waals surface area contributed by atoms with E-state index in [1.807, 2.05) is 11.8 Å². The highest BCUT2D eigenvalue weighted by Crippen LogP contribution is 2.40. The minimum absolute atomic E-state index is 0.184. The van der Waals surface area contributed by atoms with E-state index in [-0.39, 0.29) is 17.2 Å². The molecule has 0 aromatic carbocycles. The quantitative estimate of drug-likeness (QED) is 0.782. The SMILES string of the molecule is Cc1cnc(CN2CC3(CCC2=O)CCN(CCC(=O)N(C)C)CC3)cn1. The lowest BCUT2D eigenvalue weighted by Crippen LogP contribution is -2.51. The smallest absolute Gasteiger partial charge is 0.223 e. The van der Waals surface area contributed by atoms with Crippen molar-refractivity contribution in [2.45, 2.75) is 45.6 Å². The van der Waals surface area contributed by atoms with Crippen LogP contribution in [-0.4, -0.2) is 76.8 Å². The Hall–Kier alpha value is -2.02. The van der Waals surface area contributed by atoms with Crippen molar-refractivity contribution in [1.29, 1.82) is 0 Å². The van der Waals surface area contributed by atoms with E-state index >= 15 is 0 Å². The lowest BCUT2D eigenvalue weighted by molar-refractivity contribution is -0.140. The molecular formula is C20H31N5O2. The Morgan fingerprint density at radius 1 is 1.19 bits per heavy atom. The number of piperidine rings is 2. The fourth-order valence-electron chi connectivity index (χ4n) is 4.08. The summed E-state index contributed by atoms with van der Waals surface area (Å²) in [5.41, 5.74) is 1.96. The van der Waals surface area contributed by atoms with E-state index < -0.39 is 0 Å². The van der Waals surface area contributed by atoms with E-state index in [2.05, 4.69) is 14.9 Å². The predicted octanol–water partition coefficient (Wildman–Crippen LogP) is 1.47. The molecule has 0 radical (unpaired) electrons. The summed E-state index contributed by atoms with van der Waals surface area (Å²) in [5.74, 6) is 0.408. The molecule has 7 nitrogen and oxygen atoms in total. The second-order valence-electron chi connectivity index (χ2n) is 8.28. The summed E-state index contributed by atoms with van der Waals surface area (Å²) < 4.78 is 0. The highest BCUT2D eigenvalue weighted by atomic mass is 16.2. The lowest BCUT2D eigenvalue weighted by atomic mass is 9.72. The average Bonchev–Trinajstić information content (AvgIpc) is 2.66. The predicted molar refractivity (Wildman–Crippen MR) is 103 cm³/mol. The van der Waals surface area contributed by atoms with Crippen molar-refractivity contribution in [2.24, 2.45) is 5.41 Å². The molecule has 0 saturated carbocycles. The molecule has 0 unspecified atom stereocenters. The highest BCUT2D eigenvalue weighted by molar-refractivity contribution is 5.77. The summed E-state index contributed by atoms with van der Waals surface area (Å²) in [4.78, 5) is 38.9.